The third-order valence-corrected chi connectivity index (χ3v) is 2.67. The second-order valence-electron chi connectivity index (χ2n) is 3.85. The molecule has 18 heavy (non-hydrogen) atoms. The number of rotatable bonds is 4. The van der Waals surface area contributed by atoms with E-state index in [0.717, 1.165) is 12.1 Å². The lowest BCUT2D eigenvalue weighted by Crippen LogP contribution is -2.39. The zero-order valence-corrected chi connectivity index (χ0v) is 10.0. The van der Waals surface area contributed by atoms with Crippen molar-refractivity contribution in [3.05, 3.63) is 29.8 Å². The fraction of sp³-hybridized carbons (Fsp3) is 0.417. The van der Waals surface area contributed by atoms with Gasteiger partial charge in [0.15, 0.2) is 0 Å². The summed E-state index contributed by atoms with van der Waals surface area (Å²) in [4.78, 5) is 12.3. The summed E-state index contributed by atoms with van der Waals surface area (Å²) in [6.07, 6.45) is -4.43. The van der Waals surface area contributed by atoms with Crippen molar-refractivity contribution in [2.24, 2.45) is 0 Å². The lowest BCUT2D eigenvalue weighted by Gasteiger charge is -2.27. The van der Waals surface area contributed by atoms with Crippen LogP contribution >= 0.6 is 0 Å². The van der Waals surface area contributed by atoms with Crippen LogP contribution < -0.4 is 4.90 Å². The topological polar surface area (TPSA) is 40.5 Å². The first-order chi connectivity index (χ1) is 8.27. The number of likely N-dealkylation sites (N-methyl/N-ethyl adjacent to an activating group) is 1. The van der Waals surface area contributed by atoms with Gasteiger partial charge in [-0.1, -0.05) is 6.07 Å². The maximum absolute atomic E-state index is 12.6. The molecule has 1 aromatic rings. The molecule has 0 radical (unpaired) electrons. The van der Waals surface area contributed by atoms with Gasteiger partial charge in [0, 0.05) is 12.2 Å². The van der Waals surface area contributed by atoms with E-state index < -0.39 is 23.8 Å². The Morgan fingerprint density at radius 2 is 2.06 bits per heavy atom. The highest BCUT2D eigenvalue weighted by atomic mass is 19.4. The molecule has 0 heterocycles. The van der Waals surface area contributed by atoms with Crippen LogP contribution in [0, 0.1) is 0 Å². The van der Waals surface area contributed by atoms with Crippen LogP contribution in [0.4, 0.5) is 18.9 Å². The van der Waals surface area contributed by atoms with Gasteiger partial charge in [-0.3, -0.25) is 0 Å². The molecule has 0 unspecified atom stereocenters. The molecule has 0 spiro atoms. The maximum atomic E-state index is 12.6. The first-order valence-electron chi connectivity index (χ1n) is 5.44. The summed E-state index contributed by atoms with van der Waals surface area (Å²) < 4.78 is 37.7. The van der Waals surface area contributed by atoms with Crippen LogP contribution in [-0.4, -0.2) is 23.7 Å². The van der Waals surface area contributed by atoms with E-state index in [1.807, 2.05) is 0 Å². The number of carboxylic acids is 1. The van der Waals surface area contributed by atoms with Crippen LogP contribution in [0.3, 0.4) is 0 Å². The molecule has 0 bridgehead atoms. The first kappa shape index (κ1) is 14.3. The van der Waals surface area contributed by atoms with Crippen molar-refractivity contribution in [1.29, 1.82) is 0 Å². The first-order valence-corrected chi connectivity index (χ1v) is 5.44. The molecule has 3 nitrogen and oxygen atoms in total. The van der Waals surface area contributed by atoms with Gasteiger partial charge < -0.3 is 10.0 Å². The molecule has 0 amide bonds. The van der Waals surface area contributed by atoms with Gasteiger partial charge in [-0.25, -0.2) is 4.79 Å². The highest BCUT2D eigenvalue weighted by Gasteiger charge is 2.31. The van der Waals surface area contributed by atoms with Crippen LogP contribution in [0.1, 0.15) is 19.4 Å². The SMILES string of the molecule is CCN(c1cccc(C(F)(F)F)c1)[C@@H](C)C(=O)O. The molecule has 1 aromatic carbocycles. The molecule has 1 rings (SSSR count). The van der Waals surface area contributed by atoms with Gasteiger partial charge in [-0.05, 0) is 32.0 Å². The van der Waals surface area contributed by atoms with E-state index >= 15 is 0 Å². The fourth-order valence-corrected chi connectivity index (χ4v) is 1.67. The number of anilines is 1. The maximum Gasteiger partial charge on any atom is 0.416 e. The number of alkyl halides is 3. The van der Waals surface area contributed by atoms with Crippen LogP contribution in [-0.2, 0) is 11.0 Å². The third kappa shape index (κ3) is 3.15. The smallest absolute Gasteiger partial charge is 0.416 e. The number of benzene rings is 1. The van der Waals surface area contributed by atoms with Crippen molar-refractivity contribution >= 4 is 11.7 Å². The van der Waals surface area contributed by atoms with Gasteiger partial charge >= 0.3 is 12.1 Å². The molecule has 0 saturated carbocycles. The standard InChI is InChI=1S/C12H14F3NO2/c1-3-16(8(2)11(17)18)10-6-4-5-9(7-10)12(13,14)15/h4-8H,3H2,1-2H3,(H,17,18)/t8-/m0/s1. The summed E-state index contributed by atoms with van der Waals surface area (Å²) in [6, 6.07) is 3.79. The van der Waals surface area contributed by atoms with E-state index in [0.29, 0.717) is 6.54 Å². The molecule has 1 atom stereocenters. The zero-order valence-electron chi connectivity index (χ0n) is 10.0. The van der Waals surface area contributed by atoms with Crippen molar-refractivity contribution in [3.8, 4) is 0 Å². The molecule has 0 aromatic heterocycles. The van der Waals surface area contributed by atoms with E-state index in [1.165, 1.54) is 24.0 Å². The zero-order chi connectivity index (χ0) is 13.9. The summed E-state index contributed by atoms with van der Waals surface area (Å²) in [7, 11) is 0. The van der Waals surface area contributed by atoms with Crippen molar-refractivity contribution in [2.45, 2.75) is 26.1 Å². The van der Waals surface area contributed by atoms with E-state index in [9.17, 15) is 18.0 Å². The molecule has 0 saturated heterocycles. The summed E-state index contributed by atoms with van der Waals surface area (Å²) in [6.45, 7) is 3.45. The largest absolute Gasteiger partial charge is 0.480 e. The molecule has 0 aliphatic heterocycles. The molecule has 0 aliphatic rings. The van der Waals surface area contributed by atoms with Crippen molar-refractivity contribution in [3.63, 3.8) is 0 Å². The Kier molecular flexibility index (Phi) is 4.21. The van der Waals surface area contributed by atoms with Gasteiger partial charge in [-0.15, -0.1) is 0 Å². The number of carboxylic acid groups (broad SMARTS) is 1. The summed E-state index contributed by atoms with van der Waals surface area (Å²) >= 11 is 0. The molecule has 6 heteroatoms. The molecule has 0 aliphatic carbocycles. The van der Waals surface area contributed by atoms with Crippen molar-refractivity contribution < 1.29 is 23.1 Å². The molecular weight excluding hydrogens is 247 g/mol. The van der Waals surface area contributed by atoms with Gasteiger partial charge in [0.25, 0.3) is 0 Å². The van der Waals surface area contributed by atoms with E-state index in [-0.39, 0.29) is 5.69 Å². The number of carbonyl (C=O) groups is 1. The molecule has 100 valence electrons. The Morgan fingerprint density at radius 3 is 2.50 bits per heavy atom. The normalized spacial score (nSPS) is 13.2. The lowest BCUT2D eigenvalue weighted by atomic mass is 10.1. The third-order valence-electron chi connectivity index (χ3n) is 2.67. The summed E-state index contributed by atoms with van der Waals surface area (Å²) in [5.74, 6) is -1.07. The minimum Gasteiger partial charge on any atom is -0.480 e. The van der Waals surface area contributed by atoms with Crippen LogP contribution in [0.2, 0.25) is 0 Å². The van der Waals surface area contributed by atoms with Gasteiger partial charge in [0.1, 0.15) is 6.04 Å². The molecular formula is C12H14F3NO2. The highest BCUT2D eigenvalue weighted by molar-refractivity contribution is 5.77. The molecule has 1 N–H and O–H groups in total. The average Bonchev–Trinajstić information content (AvgIpc) is 2.29. The minimum absolute atomic E-state index is 0.252. The Balaban J connectivity index is 3.11. The Bertz CT molecular complexity index is 432. The Labute approximate surface area is 103 Å². The number of hydrogen-bond donors (Lipinski definition) is 1. The Morgan fingerprint density at radius 1 is 1.44 bits per heavy atom. The second kappa shape index (κ2) is 5.29. The number of aliphatic carboxylic acids is 1. The predicted molar refractivity (Wildman–Crippen MR) is 61.6 cm³/mol. The van der Waals surface area contributed by atoms with Crippen molar-refractivity contribution in [1.82, 2.24) is 0 Å². The van der Waals surface area contributed by atoms with Crippen LogP contribution in [0.5, 0.6) is 0 Å². The average molecular weight is 261 g/mol. The minimum atomic E-state index is -4.43. The lowest BCUT2D eigenvalue weighted by molar-refractivity contribution is -0.138. The fourth-order valence-electron chi connectivity index (χ4n) is 1.67. The monoisotopic (exact) mass is 261 g/mol. The van der Waals surface area contributed by atoms with Gasteiger partial charge in [0.2, 0.25) is 0 Å². The van der Waals surface area contributed by atoms with Crippen LogP contribution in [0.25, 0.3) is 0 Å². The van der Waals surface area contributed by atoms with Gasteiger partial charge in [0.05, 0.1) is 5.56 Å². The Hall–Kier alpha value is -1.72. The number of nitrogens with zero attached hydrogens (tertiary/aromatic N) is 1. The summed E-state index contributed by atoms with van der Waals surface area (Å²) in [5, 5.41) is 8.91. The highest BCUT2D eigenvalue weighted by Crippen LogP contribution is 2.32. The van der Waals surface area contributed by atoms with E-state index in [2.05, 4.69) is 0 Å². The van der Waals surface area contributed by atoms with E-state index in [4.69, 9.17) is 5.11 Å². The number of hydrogen-bond acceptors (Lipinski definition) is 2. The van der Waals surface area contributed by atoms with Crippen LogP contribution in [0.15, 0.2) is 24.3 Å². The van der Waals surface area contributed by atoms with E-state index in [1.54, 1.807) is 6.92 Å². The predicted octanol–water partition coefficient (Wildman–Crippen LogP) is 3.00. The summed E-state index contributed by atoms with van der Waals surface area (Å²) in [5.41, 5.74) is -0.529. The number of halogens is 3. The van der Waals surface area contributed by atoms with Crippen molar-refractivity contribution in [2.75, 3.05) is 11.4 Å². The molecule has 0 fully saturated rings. The quantitative estimate of drug-likeness (QED) is 0.905. The second-order valence-corrected chi connectivity index (χ2v) is 3.85. The van der Waals surface area contributed by atoms with Gasteiger partial charge in [-0.2, -0.15) is 13.2 Å².